The third-order valence-electron chi connectivity index (χ3n) is 3.51. The number of morpholine rings is 1. The summed E-state index contributed by atoms with van der Waals surface area (Å²) in [5, 5.41) is 0. The van der Waals surface area contributed by atoms with Crippen LogP contribution in [0.25, 0.3) is 0 Å². The Morgan fingerprint density at radius 1 is 1.47 bits per heavy atom. The molecule has 1 aromatic rings. The van der Waals surface area contributed by atoms with Gasteiger partial charge in [0.05, 0.1) is 24.3 Å². The molecule has 104 valence electrons. The first kappa shape index (κ1) is 13.7. The molecule has 0 aromatic heterocycles. The van der Waals surface area contributed by atoms with Gasteiger partial charge in [0.2, 0.25) is 0 Å². The van der Waals surface area contributed by atoms with Gasteiger partial charge in [-0.3, -0.25) is 4.79 Å². The summed E-state index contributed by atoms with van der Waals surface area (Å²) in [7, 11) is 0. The lowest BCUT2D eigenvalue weighted by Crippen LogP contribution is -2.51. The van der Waals surface area contributed by atoms with Crippen LogP contribution in [0.1, 0.15) is 30.6 Å². The number of rotatable bonds is 2. The molecule has 19 heavy (non-hydrogen) atoms. The first-order valence-corrected chi connectivity index (χ1v) is 6.60. The van der Waals surface area contributed by atoms with Crippen molar-refractivity contribution in [2.24, 2.45) is 0 Å². The van der Waals surface area contributed by atoms with Gasteiger partial charge < -0.3 is 21.1 Å². The Bertz CT molecular complexity index is 476. The summed E-state index contributed by atoms with van der Waals surface area (Å²) in [6, 6.07) is 5.13. The Hall–Kier alpha value is -1.75. The molecule has 0 spiro atoms. The van der Waals surface area contributed by atoms with Gasteiger partial charge in [0.15, 0.2) is 0 Å². The summed E-state index contributed by atoms with van der Waals surface area (Å²) in [5.74, 6) is -0.0421. The van der Waals surface area contributed by atoms with Crippen molar-refractivity contribution in [3.8, 4) is 0 Å². The summed E-state index contributed by atoms with van der Waals surface area (Å²) in [5.41, 5.74) is 13.1. The number of nitrogen functional groups attached to an aromatic ring is 2. The summed E-state index contributed by atoms with van der Waals surface area (Å²) >= 11 is 0. The van der Waals surface area contributed by atoms with E-state index in [1.54, 1.807) is 18.2 Å². The van der Waals surface area contributed by atoms with Crippen LogP contribution in [0.5, 0.6) is 0 Å². The highest BCUT2D eigenvalue weighted by atomic mass is 16.5. The van der Waals surface area contributed by atoms with Crippen molar-refractivity contribution in [3.05, 3.63) is 23.8 Å². The number of hydrogen-bond acceptors (Lipinski definition) is 4. The number of anilines is 2. The highest BCUT2D eigenvalue weighted by molar-refractivity contribution is 6.00. The van der Waals surface area contributed by atoms with E-state index in [9.17, 15) is 4.79 Å². The summed E-state index contributed by atoms with van der Waals surface area (Å²) < 4.78 is 5.60. The summed E-state index contributed by atoms with van der Waals surface area (Å²) in [6.45, 7) is 5.20. The molecule has 1 heterocycles. The van der Waals surface area contributed by atoms with Gasteiger partial charge >= 0.3 is 0 Å². The first-order valence-electron chi connectivity index (χ1n) is 6.60. The van der Waals surface area contributed by atoms with Crippen molar-refractivity contribution < 1.29 is 9.53 Å². The predicted octanol–water partition coefficient (Wildman–Crippen LogP) is 1.49. The Morgan fingerprint density at radius 3 is 2.84 bits per heavy atom. The van der Waals surface area contributed by atoms with E-state index < -0.39 is 0 Å². The average Bonchev–Trinajstić information content (AvgIpc) is 2.38. The minimum absolute atomic E-state index is 0.0421. The molecule has 0 saturated carbocycles. The smallest absolute Gasteiger partial charge is 0.256 e. The van der Waals surface area contributed by atoms with E-state index in [-0.39, 0.29) is 18.1 Å². The zero-order valence-electron chi connectivity index (χ0n) is 11.4. The van der Waals surface area contributed by atoms with Gasteiger partial charge in [-0.05, 0) is 31.5 Å². The molecule has 1 aliphatic rings. The Morgan fingerprint density at radius 2 is 2.21 bits per heavy atom. The molecular formula is C14H21N3O2. The number of carbonyl (C=O) groups is 1. The van der Waals surface area contributed by atoms with Gasteiger partial charge in [0, 0.05) is 17.9 Å². The van der Waals surface area contributed by atoms with E-state index in [1.165, 1.54) is 0 Å². The molecular weight excluding hydrogens is 242 g/mol. The molecule has 1 amide bonds. The van der Waals surface area contributed by atoms with E-state index in [0.717, 1.165) is 6.42 Å². The molecule has 2 unspecified atom stereocenters. The number of benzene rings is 1. The molecule has 1 aromatic carbocycles. The highest BCUT2D eigenvalue weighted by Gasteiger charge is 2.30. The van der Waals surface area contributed by atoms with Crippen molar-refractivity contribution in [1.82, 2.24) is 4.90 Å². The summed E-state index contributed by atoms with van der Waals surface area (Å²) in [4.78, 5) is 14.5. The first-order chi connectivity index (χ1) is 9.02. The molecule has 5 nitrogen and oxygen atoms in total. The normalized spacial score (nSPS) is 23.4. The van der Waals surface area contributed by atoms with E-state index in [2.05, 4.69) is 6.92 Å². The SMILES string of the molecule is CCC1COC(C)CN1C(=O)c1ccc(N)cc1N. The van der Waals surface area contributed by atoms with E-state index in [0.29, 0.717) is 30.1 Å². The number of amides is 1. The van der Waals surface area contributed by atoms with Crippen molar-refractivity contribution >= 4 is 17.3 Å². The maximum atomic E-state index is 12.6. The fourth-order valence-corrected chi connectivity index (χ4v) is 2.36. The topological polar surface area (TPSA) is 81.6 Å². The molecule has 0 radical (unpaired) electrons. The lowest BCUT2D eigenvalue weighted by molar-refractivity contribution is -0.0443. The average molecular weight is 263 g/mol. The fourth-order valence-electron chi connectivity index (χ4n) is 2.36. The fraction of sp³-hybridized carbons (Fsp3) is 0.500. The standard InChI is InChI=1S/C14H21N3O2/c1-3-11-8-19-9(2)7-17(11)14(18)12-5-4-10(15)6-13(12)16/h4-6,9,11H,3,7-8,15-16H2,1-2H3. The second-order valence-electron chi connectivity index (χ2n) is 5.01. The van der Waals surface area contributed by atoms with Crippen LogP contribution in [-0.4, -0.2) is 36.1 Å². The number of nitrogens with zero attached hydrogens (tertiary/aromatic N) is 1. The van der Waals surface area contributed by atoms with E-state index in [4.69, 9.17) is 16.2 Å². The number of nitrogens with two attached hydrogens (primary N) is 2. The second-order valence-corrected chi connectivity index (χ2v) is 5.01. The van der Waals surface area contributed by atoms with Crippen LogP contribution in [0.2, 0.25) is 0 Å². The van der Waals surface area contributed by atoms with Crippen molar-refractivity contribution in [2.75, 3.05) is 24.6 Å². The number of carbonyl (C=O) groups excluding carboxylic acids is 1. The molecule has 2 atom stereocenters. The third kappa shape index (κ3) is 2.81. The lowest BCUT2D eigenvalue weighted by atomic mass is 10.1. The van der Waals surface area contributed by atoms with Crippen LogP contribution in [0.15, 0.2) is 18.2 Å². The van der Waals surface area contributed by atoms with Gasteiger partial charge in [-0.2, -0.15) is 0 Å². The Kier molecular flexibility index (Phi) is 3.95. The third-order valence-corrected chi connectivity index (χ3v) is 3.51. The predicted molar refractivity (Wildman–Crippen MR) is 75.8 cm³/mol. The lowest BCUT2D eigenvalue weighted by Gasteiger charge is -2.38. The van der Waals surface area contributed by atoms with Crippen LogP contribution in [-0.2, 0) is 4.74 Å². The Labute approximate surface area is 113 Å². The molecule has 2 rings (SSSR count). The minimum atomic E-state index is -0.0421. The van der Waals surface area contributed by atoms with Gasteiger partial charge in [0.1, 0.15) is 0 Å². The zero-order chi connectivity index (χ0) is 14.0. The quantitative estimate of drug-likeness (QED) is 0.792. The monoisotopic (exact) mass is 263 g/mol. The van der Waals surface area contributed by atoms with Gasteiger partial charge in [-0.25, -0.2) is 0 Å². The van der Waals surface area contributed by atoms with Crippen molar-refractivity contribution in [3.63, 3.8) is 0 Å². The maximum Gasteiger partial charge on any atom is 0.256 e. The maximum absolute atomic E-state index is 12.6. The Balaban J connectivity index is 2.25. The second kappa shape index (κ2) is 5.48. The van der Waals surface area contributed by atoms with E-state index >= 15 is 0 Å². The molecule has 0 bridgehead atoms. The molecule has 1 saturated heterocycles. The molecule has 4 N–H and O–H groups in total. The van der Waals surface area contributed by atoms with Crippen LogP contribution in [0, 0.1) is 0 Å². The minimum Gasteiger partial charge on any atom is -0.399 e. The van der Waals surface area contributed by atoms with Gasteiger partial charge in [-0.1, -0.05) is 6.92 Å². The number of hydrogen-bond donors (Lipinski definition) is 2. The zero-order valence-corrected chi connectivity index (χ0v) is 11.4. The van der Waals surface area contributed by atoms with Crippen LogP contribution in [0.4, 0.5) is 11.4 Å². The largest absolute Gasteiger partial charge is 0.399 e. The van der Waals surface area contributed by atoms with Crippen molar-refractivity contribution in [2.45, 2.75) is 32.4 Å². The number of ether oxygens (including phenoxy) is 1. The van der Waals surface area contributed by atoms with Crippen LogP contribution < -0.4 is 11.5 Å². The molecule has 1 aliphatic heterocycles. The van der Waals surface area contributed by atoms with Crippen LogP contribution >= 0.6 is 0 Å². The van der Waals surface area contributed by atoms with Crippen molar-refractivity contribution in [1.29, 1.82) is 0 Å². The van der Waals surface area contributed by atoms with Gasteiger partial charge in [0.25, 0.3) is 5.91 Å². The molecule has 5 heteroatoms. The highest BCUT2D eigenvalue weighted by Crippen LogP contribution is 2.22. The van der Waals surface area contributed by atoms with Gasteiger partial charge in [-0.15, -0.1) is 0 Å². The van der Waals surface area contributed by atoms with E-state index in [1.807, 2.05) is 11.8 Å². The molecule has 1 fully saturated rings. The van der Waals surface area contributed by atoms with Crippen LogP contribution in [0.3, 0.4) is 0 Å². The summed E-state index contributed by atoms with van der Waals surface area (Å²) in [6.07, 6.45) is 0.926. The molecule has 0 aliphatic carbocycles.